The summed E-state index contributed by atoms with van der Waals surface area (Å²) in [6, 6.07) is 19.5. The number of hydrogen-bond donors (Lipinski definition) is 1. The average Bonchev–Trinajstić information content (AvgIpc) is 3.08. The van der Waals surface area contributed by atoms with Gasteiger partial charge in [-0.25, -0.2) is 0 Å². The standard InChI is InChI=1S/C25H30N2O/c1-17-23(24-21(25(24,3)4)14-15-26-18(2)28)20-12-8-9-13-22(20)27(17)16-19-10-6-5-7-11-19/h5-13,21,24H,14-16H2,1-4H3,(H,26,28)/t21-,24-/m1/s1. The molecule has 2 atom stereocenters. The summed E-state index contributed by atoms with van der Waals surface area (Å²) in [4.78, 5) is 11.2. The molecule has 146 valence electrons. The first-order valence-electron chi connectivity index (χ1n) is 10.3. The number of rotatable bonds is 6. The van der Waals surface area contributed by atoms with Crippen LogP contribution in [0.25, 0.3) is 10.9 Å². The third kappa shape index (κ3) is 3.23. The first-order valence-corrected chi connectivity index (χ1v) is 10.3. The van der Waals surface area contributed by atoms with Crippen molar-refractivity contribution in [2.24, 2.45) is 11.3 Å². The van der Waals surface area contributed by atoms with Crippen LogP contribution < -0.4 is 5.32 Å². The third-order valence-corrected chi connectivity index (χ3v) is 6.65. The molecule has 4 rings (SSSR count). The van der Waals surface area contributed by atoms with Crippen LogP contribution in [0, 0.1) is 18.3 Å². The fourth-order valence-electron chi connectivity index (χ4n) is 5.08. The highest BCUT2D eigenvalue weighted by Gasteiger charge is 2.58. The number of benzene rings is 2. The molecule has 0 radical (unpaired) electrons. The predicted molar refractivity (Wildman–Crippen MR) is 116 cm³/mol. The van der Waals surface area contributed by atoms with E-state index in [2.05, 4.69) is 85.3 Å². The van der Waals surface area contributed by atoms with Crippen LogP contribution in [0.2, 0.25) is 0 Å². The second-order valence-corrected chi connectivity index (χ2v) is 8.77. The Labute approximate surface area is 167 Å². The van der Waals surface area contributed by atoms with E-state index < -0.39 is 0 Å². The molecular formula is C25H30N2O. The van der Waals surface area contributed by atoms with Crippen molar-refractivity contribution < 1.29 is 4.79 Å². The molecule has 1 amide bonds. The van der Waals surface area contributed by atoms with Crippen molar-refractivity contribution >= 4 is 16.8 Å². The van der Waals surface area contributed by atoms with Crippen LogP contribution in [0.1, 0.15) is 49.9 Å². The van der Waals surface area contributed by atoms with Gasteiger partial charge in [0.25, 0.3) is 0 Å². The van der Waals surface area contributed by atoms with Crippen LogP contribution in [0.4, 0.5) is 0 Å². The van der Waals surface area contributed by atoms with E-state index >= 15 is 0 Å². The maximum Gasteiger partial charge on any atom is 0.216 e. The predicted octanol–water partition coefficient (Wildman–Crippen LogP) is 5.26. The van der Waals surface area contributed by atoms with Crippen LogP contribution in [0.3, 0.4) is 0 Å². The van der Waals surface area contributed by atoms with Crippen molar-refractivity contribution in [2.45, 2.75) is 46.6 Å². The molecule has 1 fully saturated rings. The topological polar surface area (TPSA) is 34.0 Å². The molecule has 1 aliphatic rings. The molecule has 1 heterocycles. The molecule has 1 N–H and O–H groups in total. The molecule has 3 nitrogen and oxygen atoms in total. The highest BCUT2D eigenvalue weighted by Crippen LogP contribution is 2.67. The van der Waals surface area contributed by atoms with Crippen LogP contribution >= 0.6 is 0 Å². The number of aromatic nitrogens is 1. The lowest BCUT2D eigenvalue weighted by Gasteiger charge is -2.10. The molecule has 3 heteroatoms. The Morgan fingerprint density at radius 3 is 2.46 bits per heavy atom. The minimum Gasteiger partial charge on any atom is -0.356 e. The molecular weight excluding hydrogens is 344 g/mol. The van der Waals surface area contributed by atoms with E-state index in [1.54, 1.807) is 6.92 Å². The number of carbonyl (C=O) groups is 1. The number of para-hydroxylation sites is 1. The Bertz CT molecular complexity index is 1000. The summed E-state index contributed by atoms with van der Waals surface area (Å²) in [5.41, 5.74) is 5.80. The maximum absolute atomic E-state index is 11.2. The average molecular weight is 375 g/mol. The van der Waals surface area contributed by atoms with E-state index in [0.717, 1.165) is 19.5 Å². The van der Waals surface area contributed by atoms with Gasteiger partial charge in [-0.1, -0.05) is 62.4 Å². The Morgan fingerprint density at radius 1 is 1.07 bits per heavy atom. The molecule has 1 saturated carbocycles. The quantitative estimate of drug-likeness (QED) is 0.627. The second-order valence-electron chi connectivity index (χ2n) is 8.77. The van der Waals surface area contributed by atoms with Gasteiger partial charge >= 0.3 is 0 Å². The molecule has 1 aromatic heterocycles. The zero-order valence-electron chi connectivity index (χ0n) is 17.3. The van der Waals surface area contributed by atoms with Crippen LogP contribution in [0.15, 0.2) is 54.6 Å². The molecule has 28 heavy (non-hydrogen) atoms. The molecule has 0 saturated heterocycles. The van der Waals surface area contributed by atoms with Gasteiger partial charge in [0, 0.05) is 36.6 Å². The maximum atomic E-state index is 11.2. The summed E-state index contributed by atoms with van der Waals surface area (Å²) >= 11 is 0. The van der Waals surface area contributed by atoms with E-state index in [1.165, 1.54) is 27.7 Å². The molecule has 3 aromatic rings. The number of amides is 1. The van der Waals surface area contributed by atoms with E-state index in [9.17, 15) is 4.79 Å². The van der Waals surface area contributed by atoms with Crippen molar-refractivity contribution in [3.63, 3.8) is 0 Å². The smallest absolute Gasteiger partial charge is 0.216 e. The Kier molecular flexibility index (Phi) is 4.78. The summed E-state index contributed by atoms with van der Waals surface area (Å²) in [5.74, 6) is 1.21. The van der Waals surface area contributed by atoms with Crippen molar-refractivity contribution in [3.8, 4) is 0 Å². The van der Waals surface area contributed by atoms with Gasteiger partial charge in [0.2, 0.25) is 5.91 Å². The first kappa shape index (κ1) is 18.8. The van der Waals surface area contributed by atoms with Crippen LogP contribution in [-0.4, -0.2) is 17.0 Å². The molecule has 0 unspecified atom stereocenters. The minimum atomic E-state index is 0.0608. The highest BCUT2D eigenvalue weighted by atomic mass is 16.1. The van der Waals surface area contributed by atoms with Gasteiger partial charge in [-0.3, -0.25) is 4.79 Å². The van der Waals surface area contributed by atoms with Crippen molar-refractivity contribution in [2.75, 3.05) is 6.54 Å². The number of hydrogen-bond acceptors (Lipinski definition) is 1. The van der Waals surface area contributed by atoms with E-state index in [4.69, 9.17) is 0 Å². The van der Waals surface area contributed by atoms with E-state index in [-0.39, 0.29) is 11.3 Å². The lowest BCUT2D eigenvalue weighted by atomic mass is 10.0. The third-order valence-electron chi connectivity index (χ3n) is 6.65. The first-order chi connectivity index (χ1) is 13.4. The monoisotopic (exact) mass is 374 g/mol. The number of nitrogens with zero attached hydrogens (tertiary/aromatic N) is 1. The van der Waals surface area contributed by atoms with Gasteiger partial charge in [0.1, 0.15) is 0 Å². The van der Waals surface area contributed by atoms with E-state index in [1.807, 2.05) is 0 Å². The van der Waals surface area contributed by atoms with Gasteiger partial charge < -0.3 is 9.88 Å². The Hall–Kier alpha value is -2.55. The van der Waals surface area contributed by atoms with Crippen molar-refractivity contribution in [1.29, 1.82) is 0 Å². The van der Waals surface area contributed by atoms with Gasteiger partial charge in [0.05, 0.1) is 0 Å². The fourth-order valence-corrected chi connectivity index (χ4v) is 5.08. The minimum absolute atomic E-state index is 0.0608. The highest BCUT2D eigenvalue weighted by molar-refractivity contribution is 5.87. The summed E-state index contributed by atoms with van der Waals surface area (Å²) < 4.78 is 2.47. The van der Waals surface area contributed by atoms with Gasteiger partial charge in [-0.05, 0) is 47.8 Å². The van der Waals surface area contributed by atoms with Crippen molar-refractivity contribution in [3.05, 3.63) is 71.4 Å². The van der Waals surface area contributed by atoms with Crippen LogP contribution in [0.5, 0.6) is 0 Å². The Morgan fingerprint density at radius 2 is 1.75 bits per heavy atom. The van der Waals surface area contributed by atoms with Gasteiger partial charge in [-0.15, -0.1) is 0 Å². The number of fused-ring (bicyclic) bond motifs is 1. The number of nitrogens with one attached hydrogen (secondary N) is 1. The zero-order chi connectivity index (χ0) is 19.9. The van der Waals surface area contributed by atoms with E-state index in [0.29, 0.717) is 11.8 Å². The lowest BCUT2D eigenvalue weighted by Crippen LogP contribution is -2.21. The summed E-state index contributed by atoms with van der Waals surface area (Å²) in [6.45, 7) is 10.3. The SMILES string of the molecule is CC(=O)NCC[C@@H]1[C@H](c2c(C)n(Cc3ccccc3)c3ccccc23)C1(C)C. The zero-order valence-corrected chi connectivity index (χ0v) is 17.3. The molecule has 0 aliphatic heterocycles. The molecule has 2 aromatic carbocycles. The summed E-state index contributed by atoms with van der Waals surface area (Å²) in [5, 5.41) is 4.36. The normalized spacial score (nSPS) is 20.3. The summed E-state index contributed by atoms with van der Waals surface area (Å²) in [6.07, 6.45) is 1.04. The van der Waals surface area contributed by atoms with Gasteiger partial charge in [0.15, 0.2) is 0 Å². The van der Waals surface area contributed by atoms with Crippen LogP contribution in [-0.2, 0) is 11.3 Å². The summed E-state index contributed by atoms with van der Waals surface area (Å²) in [7, 11) is 0. The van der Waals surface area contributed by atoms with Crippen molar-refractivity contribution in [1.82, 2.24) is 9.88 Å². The van der Waals surface area contributed by atoms with Gasteiger partial charge in [-0.2, -0.15) is 0 Å². The lowest BCUT2D eigenvalue weighted by molar-refractivity contribution is -0.118. The second kappa shape index (κ2) is 7.12. The molecule has 0 spiro atoms. The fraction of sp³-hybridized carbons (Fsp3) is 0.400. The molecule has 1 aliphatic carbocycles. The number of carbonyl (C=O) groups excluding carboxylic acids is 1. The largest absolute Gasteiger partial charge is 0.356 e. The Balaban J connectivity index is 1.70. The molecule has 0 bridgehead atoms.